The van der Waals surface area contributed by atoms with Crippen molar-refractivity contribution in [3.63, 3.8) is 0 Å². The summed E-state index contributed by atoms with van der Waals surface area (Å²) in [6, 6.07) is 7.47. The smallest absolute Gasteiger partial charge is 0.0579 e. The van der Waals surface area contributed by atoms with Crippen LogP contribution in [0.4, 0.5) is 5.69 Å². The Morgan fingerprint density at radius 1 is 1.32 bits per heavy atom. The van der Waals surface area contributed by atoms with Gasteiger partial charge in [0.1, 0.15) is 0 Å². The zero-order valence-electron chi connectivity index (χ0n) is 11.2. The summed E-state index contributed by atoms with van der Waals surface area (Å²) < 4.78 is 1.12. The van der Waals surface area contributed by atoms with Gasteiger partial charge in [-0.2, -0.15) is 0 Å². The molecular formula is C15H21BrN2O. The van der Waals surface area contributed by atoms with Crippen molar-refractivity contribution in [2.24, 2.45) is 5.73 Å². The molecule has 3 atom stereocenters. The highest BCUT2D eigenvalue weighted by atomic mass is 79.9. The Morgan fingerprint density at radius 3 is 2.47 bits per heavy atom. The maximum atomic E-state index is 9.89. The largest absolute Gasteiger partial charge is 0.393 e. The minimum Gasteiger partial charge on any atom is -0.393 e. The molecule has 0 aromatic heterocycles. The molecule has 0 spiro atoms. The summed E-state index contributed by atoms with van der Waals surface area (Å²) in [5.41, 5.74) is 8.34. The first-order valence-electron chi connectivity index (χ1n) is 7.07. The molecule has 0 radical (unpaired) electrons. The molecule has 19 heavy (non-hydrogen) atoms. The minimum absolute atomic E-state index is 0.0604. The first-order chi connectivity index (χ1) is 9.06. The van der Waals surface area contributed by atoms with Crippen LogP contribution in [-0.2, 0) is 0 Å². The van der Waals surface area contributed by atoms with Crippen LogP contribution in [-0.4, -0.2) is 23.3 Å². The molecule has 1 aromatic carbocycles. The Hall–Kier alpha value is -0.580. The molecule has 2 fully saturated rings. The maximum absolute atomic E-state index is 9.89. The van der Waals surface area contributed by atoms with Crippen LogP contribution in [0, 0.1) is 0 Å². The normalized spacial score (nSPS) is 31.6. The number of nitrogens with two attached hydrogens (primary N) is 1. The molecule has 3 rings (SSSR count). The van der Waals surface area contributed by atoms with Crippen molar-refractivity contribution in [1.82, 2.24) is 0 Å². The highest BCUT2D eigenvalue weighted by Gasteiger charge is 2.40. The van der Waals surface area contributed by atoms with E-state index in [1.165, 1.54) is 18.5 Å². The van der Waals surface area contributed by atoms with Gasteiger partial charge in [-0.05, 0) is 66.2 Å². The summed E-state index contributed by atoms with van der Waals surface area (Å²) in [5.74, 6) is 0. The first-order valence-corrected chi connectivity index (χ1v) is 7.87. The van der Waals surface area contributed by atoms with Crippen molar-refractivity contribution < 1.29 is 5.11 Å². The van der Waals surface area contributed by atoms with E-state index in [1.54, 1.807) is 0 Å². The van der Waals surface area contributed by atoms with Gasteiger partial charge in [0.05, 0.1) is 11.8 Å². The van der Waals surface area contributed by atoms with Gasteiger partial charge >= 0.3 is 0 Å². The Bertz CT molecular complexity index is 463. The van der Waals surface area contributed by atoms with Crippen LogP contribution in [0.2, 0.25) is 0 Å². The van der Waals surface area contributed by atoms with Gasteiger partial charge in [-0.1, -0.05) is 6.07 Å². The average molecular weight is 325 g/mol. The van der Waals surface area contributed by atoms with Gasteiger partial charge < -0.3 is 15.7 Å². The van der Waals surface area contributed by atoms with Crippen LogP contribution in [0.5, 0.6) is 0 Å². The third-order valence-electron chi connectivity index (χ3n) is 4.48. The standard InChI is InChI=1S/C15H21BrN2O/c1-9(17)10-2-5-15(14(16)6-10)18-11-3-4-12(18)8-13(19)7-11/h2,5-6,9,11-13,19H,3-4,7-8,17H2,1H3/t9-,11?,12?,13?/m1/s1. The summed E-state index contributed by atoms with van der Waals surface area (Å²) in [5, 5.41) is 9.89. The molecule has 2 heterocycles. The fraction of sp³-hybridized carbons (Fsp3) is 0.600. The number of rotatable bonds is 2. The number of fused-ring (bicyclic) bond motifs is 2. The number of anilines is 1. The van der Waals surface area contributed by atoms with Crippen LogP contribution in [0.15, 0.2) is 22.7 Å². The van der Waals surface area contributed by atoms with Crippen molar-refractivity contribution in [2.45, 2.75) is 56.8 Å². The number of piperidine rings is 1. The van der Waals surface area contributed by atoms with E-state index < -0.39 is 0 Å². The fourth-order valence-corrected chi connectivity index (χ4v) is 4.16. The molecule has 1 aromatic rings. The van der Waals surface area contributed by atoms with E-state index in [0.717, 1.165) is 22.9 Å². The number of hydrogen-bond donors (Lipinski definition) is 2. The number of benzene rings is 1. The van der Waals surface area contributed by atoms with Crippen LogP contribution in [0.1, 0.15) is 44.2 Å². The number of aliphatic hydroxyl groups is 1. The van der Waals surface area contributed by atoms with E-state index in [4.69, 9.17) is 5.73 Å². The third-order valence-corrected chi connectivity index (χ3v) is 5.12. The Kier molecular flexibility index (Phi) is 3.58. The molecular weight excluding hydrogens is 304 g/mol. The van der Waals surface area contributed by atoms with Crippen molar-refractivity contribution in [3.05, 3.63) is 28.2 Å². The highest BCUT2D eigenvalue weighted by molar-refractivity contribution is 9.10. The van der Waals surface area contributed by atoms with Crippen molar-refractivity contribution >= 4 is 21.6 Å². The first kappa shape index (κ1) is 13.4. The van der Waals surface area contributed by atoms with Crippen LogP contribution in [0.3, 0.4) is 0 Å². The Balaban J connectivity index is 1.91. The van der Waals surface area contributed by atoms with Crippen molar-refractivity contribution in [2.75, 3.05) is 4.90 Å². The second kappa shape index (κ2) is 5.08. The summed E-state index contributed by atoms with van der Waals surface area (Å²) in [4.78, 5) is 2.50. The number of nitrogens with zero attached hydrogens (tertiary/aromatic N) is 1. The summed E-state index contributed by atoms with van der Waals surface area (Å²) >= 11 is 3.69. The molecule has 2 unspecified atom stereocenters. The van der Waals surface area contributed by atoms with Gasteiger partial charge in [-0.15, -0.1) is 0 Å². The van der Waals surface area contributed by atoms with Gasteiger partial charge in [0.15, 0.2) is 0 Å². The van der Waals surface area contributed by atoms with E-state index >= 15 is 0 Å². The number of halogens is 1. The molecule has 2 aliphatic rings. The number of aliphatic hydroxyl groups excluding tert-OH is 1. The summed E-state index contributed by atoms with van der Waals surface area (Å²) in [6.45, 7) is 2.00. The molecule has 104 valence electrons. The lowest BCUT2D eigenvalue weighted by molar-refractivity contribution is 0.126. The predicted molar refractivity (Wildman–Crippen MR) is 81.3 cm³/mol. The van der Waals surface area contributed by atoms with E-state index in [2.05, 4.69) is 39.0 Å². The zero-order valence-corrected chi connectivity index (χ0v) is 12.8. The van der Waals surface area contributed by atoms with E-state index in [9.17, 15) is 5.11 Å². The van der Waals surface area contributed by atoms with Crippen molar-refractivity contribution in [3.8, 4) is 0 Å². The molecule has 2 bridgehead atoms. The molecule has 2 aliphatic heterocycles. The van der Waals surface area contributed by atoms with E-state index in [-0.39, 0.29) is 12.1 Å². The molecule has 2 saturated heterocycles. The monoisotopic (exact) mass is 324 g/mol. The quantitative estimate of drug-likeness (QED) is 0.879. The van der Waals surface area contributed by atoms with E-state index in [1.807, 2.05) is 6.92 Å². The Morgan fingerprint density at radius 2 is 1.95 bits per heavy atom. The van der Waals surface area contributed by atoms with Crippen molar-refractivity contribution in [1.29, 1.82) is 0 Å². The SMILES string of the molecule is C[C@@H](N)c1ccc(N2C3CCC2CC(O)C3)c(Br)c1. The third kappa shape index (κ3) is 2.41. The second-order valence-electron chi connectivity index (χ2n) is 5.92. The van der Waals surface area contributed by atoms with Gasteiger partial charge in [0, 0.05) is 22.6 Å². The van der Waals surface area contributed by atoms with Crippen LogP contribution in [0.25, 0.3) is 0 Å². The molecule has 0 amide bonds. The lowest BCUT2D eigenvalue weighted by Gasteiger charge is -2.39. The average Bonchev–Trinajstić information content (AvgIpc) is 2.62. The van der Waals surface area contributed by atoms with Crippen LogP contribution >= 0.6 is 15.9 Å². The van der Waals surface area contributed by atoms with Crippen LogP contribution < -0.4 is 10.6 Å². The lowest BCUT2D eigenvalue weighted by atomic mass is 9.98. The number of hydrogen-bond acceptors (Lipinski definition) is 3. The van der Waals surface area contributed by atoms with Gasteiger partial charge in [-0.3, -0.25) is 0 Å². The molecule has 3 nitrogen and oxygen atoms in total. The van der Waals surface area contributed by atoms with Gasteiger partial charge in [0.25, 0.3) is 0 Å². The molecule has 0 saturated carbocycles. The zero-order chi connectivity index (χ0) is 13.6. The topological polar surface area (TPSA) is 49.5 Å². The minimum atomic E-state index is -0.115. The molecule has 3 N–H and O–H groups in total. The van der Waals surface area contributed by atoms with Gasteiger partial charge in [0.2, 0.25) is 0 Å². The molecule has 0 aliphatic carbocycles. The summed E-state index contributed by atoms with van der Waals surface area (Å²) in [6.07, 6.45) is 4.08. The van der Waals surface area contributed by atoms with E-state index in [0.29, 0.717) is 12.1 Å². The fourth-order valence-electron chi connectivity index (χ4n) is 3.56. The summed E-state index contributed by atoms with van der Waals surface area (Å²) in [7, 11) is 0. The lowest BCUT2D eigenvalue weighted by Crippen LogP contribution is -2.45. The predicted octanol–water partition coefficient (Wildman–Crippen LogP) is 2.96. The maximum Gasteiger partial charge on any atom is 0.0579 e. The molecule has 4 heteroatoms. The second-order valence-corrected chi connectivity index (χ2v) is 6.77. The Labute approximate surface area is 122 Å². The highest BCUT2D eigenvalue weighted by Crippen LogP contribution is 2.42. The van der Waals surface area contributed by atoms with Gasteiger partial charge in [-0.25, -0.2) is 0 Å².